The highest BCUT2D eigenvalue weighted by molar-refractivity contribution is 5.68. The first kappa shape index (κ1) is 21.5. The highest BCUT2D eigenvalue weighted by atomic mass is 19.1. The van der Waals surface area contributed by atoms with Crippen molar-refractivity contribution in [3.8, 4) is 11.5 Å². The molecule has 0 aliphatic carbocycles. The Balaban J connectivity index is 1.49. The van der Waals surface area contributed by atoms with E-state index in [1.807, 2.05) is 49.9 Å². The molecule has 6 heteroatoms. The van der Waals surface area contributed by atoms with Crippen molar-refractivity contribution in [1.29, 1.82) is 0 Å². The van der Waals surface area contributed by atoms with Crippen molar-refractivity contribution >= 4 is 6.09 Å². The Morgan fingerprint density at radius 1 is 1.13 bits per heavy atom. The molecule has 2 aromatic carbocycles. The fourth-order valence-corrected chi connectivity index (χ4v) is 4.41. The van der Waals surface area contributed by atoms with E-state index in [1.165, 1.54) is 17.7 Å². The summed E-state index contributed by atoms with van der Waals surface area (Å²) in [6.07, 6.45) is 2.33. The molecule has 0 unspecified atom stereocenters. The van der Waals surface area contributed by atoms with Gasteiger partial charge in [-0.15, -0.1) is 0 Å². The van der Waals surface area contributed by atoms with Gasteiger partial charge in [0, 0.05) is 13.1 Å². The van der Waals surface area contributed by atoms with E-state index in [2.05, 4.69) is 6.07 Å². The molecule has 2 aromatic rings. The monoisotopic (exact) mass is 427 g/mol. The number of hydrogen-bond acceptors (Lipinski definition) is 4. The van der Waals surface area contributed by atoms with Crippen LogP contribution in [0.2, 0.25) is 0 Å². The molecule has 2 atom stereocenters. The lowest BCUT2D eigenvalue weighted by Crippen LogP contribution is -2.45. The summed E-state index contributed by atoms with van der Waals surface area (Å²) in [7, 11) is 0. The number of nitrogens with zero attached hydrogens (tertiary/aromatic N) is 1. The van der Waals surface area contributed by atoms with Crippen molar-refractivity contribution in [2.75, 3.05) is 19.9 Å². The van der Waals surface area contributed by atoms with Crippen LogP contribution >= 0.6 is 0 Å². The van der Waals surface area contributed by atoms with E-state index >= 15 is 0 Å². The number of fused-ring (bicyclic) bond motifs is 1. The molecule has 5 nitrogen and oxygen atoms in total. The van der Waals surface area contributed by atoms with Gasteiger partial charge in [0.15, 0.2) is 11.5 Å². The number of benzene rings is 2. The minimum Gasteiger partial charge on any atom is -0.454 e. The van der Waals surface area contributed by atoms with Crippen LogP contribution in [-0.2, 0) is 11.2 Å². The van der Waals surface area contributed by atoms with Gasteiger partial charge in [-0.25, -0.2) is 9.18 Å². The molecular weight excluding hydrogens is 397 g/mol. The quantitative estimate of drug-likeness (QED) is 0.644. The zero-order valence-electron chi connectivity index (χ0n) is 18.4. The van der Waals surface area contributed by atoms with Crippen LogP contribution in [0.1, 0.15) is 50.7 Å². The summed E-state index contributed by atoms with van der Waals surface area (Å²) in [5, 5.41) is 0. The van der Waals surface area contributed by atoms with Crippen LogP contribution in [0.25, 0.3) is 0 Å². The molecule has 0 aromatic heterocycles. The highest BCUT2D eigenvalue weighted by Crippen LogP contribution is 2.38. The molecule has 0 bridgehead atoms. The number of likely N-dealkylation sites (tertiary alicyclic amines) is 1. The standard InChI is InChI=1S/C25H30FNO4/c1-25(2,3)31-24(28)27-13-12-21(18-7-9-20(26)10-8-18)19(15-27)6-4-17-5-11-22-23(14-17)30-16-29-22/h5,7-11,14,19,21H,4,6,12-13,15-16H2,1-3H3/t19-,21+/m1/s1. The number of carbonyl (C=O) groups excluding carboxylic acids is 1. The third kappa shape index (κ3) is 5.30. The summed E-state index contributed by atoms with van der Waals surface area (Å²) in [6, 6.07) is 12.8. The summed E-state index contributed by atoms with van der Waals surface area (Å²) < 4.78 is 30.0. The summed E-state index contributed by atoms with van der Waals surface area (Å²) in [4.78, 5) is 14.5. The second kappa shape index (κ2) is 8.77. The Kier molecular flexibility index (Phi) is 6.08. The summed E-state index contributed by atoms with van der Waals surface area (Å²) in [5.41, 5.74) is 1.78. The van der Waals surface area contributed by atoms with E-state index in [0.29, 0.717) is 13.1 Å². The van der Waals surface area contributed by atoms with Gasteiger partial charge in [-0.2, -0.15) is 0 Å². The molecule has 1 amide bonds. The van der Waals surface area contributed by atoms with Gasteiger partial charge in [-0.3, -0.25) is 0 Å². The number of amides is 1. The van der Waals surface area contributed by atoms with Crippen LogP contribution in [0.15, 0.2) is 42.5 Å². The third-order valence-corrected chi connectivity index (χ3v) is 5.92. The van der Waals surface area contributed by atoms with Crippen LogP contribution in [0.3, 0.4) is 0 Å². The molecule has 4 rings (SSSR count). The molecule has 1 fully saturated rings. The second-order valence-corrected chi connectivity index (χ2v) is 9.36. The van der Waals surface area contributed by atoms with E-state index in [4.69, 9.17) is 14.2 Å². The van der Waals surface area contributed by atoms with Crippen molar-refractivity contribution < 1.29 is 23.4 Å². The van der Waals surface area contributed by atoms with Crippen LogP contribution in [-0.4, -0.2) is 36.5 Å². The minimum absolute atomic E-state index is 0.230. The average molecular weight is 428 g/mol. The first-order valence-electron chi connectivity index (χ1n) is 10.9. The first-order chi connectivity index (χ1) is 14.8. The van der Waals surface area contributed by atoms with Crippen molar-refractivity contribution in [2.24, 2.45) is 5.92 Å². The second-order valence-electron chi connectivity index (χ2n) is 9.36. The van der Waals surface area contributed by atoms with Crippen LogP contribution in [0.4, 0.5) is 9.18 Å². The van der Waals surface area contributed by atoms with Crippen LogP contribution < -0.4 is 9.47 Å². The zero-order chi connectivity index (χ0) is 22.0. The smallest absolute Gasteiger partial charge is 0.410 e. The maximum Gasteiger partial charge on any atom is 0.410 e. The Labute approximate surface area is 183 Å². The molecule has 0 saturated carbocycles. The third-order valence-electron chi connectivity index (χ3n) is 5.92. The average Bonchev–Trinajstić information content (AvgIpc) is 3.19. The van der Waals surface area contributed by atoms with Crippen molar-refractivity contribution in [3.05, 3.63) is 59.4 Å². The summed E-state index contributed by atoms with van der Waals surface area (Å²) in [5.74, 6) is 1.85. The lowest BCUT2D eigenvalue weighted by Gasteiger charge is -2.39. The van der Waals surface area contributed by atoms with Crippen LogP contribution in [0, 0.1) is 11.7 Å². The predicted molar refractivity (Wildman–Crippen MR) is 116 cm³/mol. The number of hydrogen-bond donors (Lipinski definition) is 0. The van der Waals surface area contributed by atoms with Crippen molar-refractivity contribution in [2.45, 2.75) is 51.6 Å². The van der Waals surface area contributed by atoms with Gasteiger partial charge in [0.1, 0.15) is 11.4 Å². The number of ether oxygens (including phenoxy) is 3. The van der Waals surface area contributed by atoms with E-state index in [-0.39, 0.29) is 30.5 Å². The maximum atomic E-state index is 13.5. The van der Waals surface area contributed by atoms with Gasteiger partial charge in [0.25, 0.3) is 0 Å². The lowest BCUT2D eigenvalue weighted by atomic mass is 9.77. The summed E-state index contributed by atoms with van der Waals surface area (Å²) in [6.45, 7) is 7.17. The number of piperidine rings is 1. The first-order valence-corrected chi connectivity index (χ1v) is 10.9. The maximum absolute atomic E-state index is 13.5. The fourth-order valence-electron chi connectivity index (χ4n) is 4.41. The molecule has 0 spiro atoms. The molecule has 0 N–H and O–H groups in total. The number of aryl methyl sites for hydroxylation is 1. The Bertz CT molecular complexity index is 922. The van der Waals surface area contributed by atoms with Gasteiger partial charge in [0.05, 0.1) is 0 Å². The van der Waals surface area contributed by atoms with Gasteiger partial charge in [0.2, 0.25) is 6.79 Å². The lowest BCUT2D eigenvalue weighted by molar-refractivity contribution is 0.0139. The zero-order valence-corrected chi connectivity index (χ0v) is 18.4. The van der Waals surface area contributed by atoms with Crippen molar-refractivity contribution in [3.63, 3.8) is 0 Å². The van der Waals surface area contributed by atoms with E-state index in [0.717, 1.165) is 36.3 Å². The summed E-state index contributed by atoms with van der Waals surface area (Å²) >= 11 is 0. The minimum atomic E-state index is -0.521. The molecule has 2 aliphatic heterocycles. The molecule has 2 aliphatic rings. The van der Waals surface area contributed by atoms with E-state index in [9.17, 15) is 9.18 Å². The van der Waals surface area contributed by atoms with Gasteiger partial charge in [-0.1, -0.05) is 18.2 Å². The molecule has 2 heterocycles. The number of rotatable bonds is 4. The molecule has 0 radical (unpaired) electrons. The SMILES string of the molecule is CC(C)(C)OC(=O)N1CC[C@@H](c2ccc(F)cc2)[C@H](CCc2ccc3c(c2)OCO3)C1. The van der Waals surface area contributed by atoms with Gasteiger partial charge < -0.3 is 19.1 Å². The molecule has 166 valence electrons. The number of halogens is 1. The van der Waals surface area contributed by atoms with E-state index in [1.54, 1.807) is 0 Å². The van der Waals surface area contributed by atoms with E-state index < -0.39 is 5.60 Å². The molecule has 1 saturated heterocycles. The Morgan fingerprint density at radius 3 is 2.61 bits per heavy atom. The normalized spacial score (nSPS) is 20.6. The Hall–Kier alpha value is -2.76. The molecular formula is C25H30FNO4. The Morgan fingerprint density at radius 2 is 1.87 bits per heavy atom. The fraction of sp³-hybridized carbons (Fsp3) is 0.480. The highest BCUT2D eigenvalue weighted by Gasteiger charge is 2.34. The van der Waals surface area contributed by atoms with Crippen LogP contribution in [0.5, 0.6) is 11.5 Å². The predicted octanol–water partition coefficient (Wildman–Crippen LogP) is 5.53. The topological polar surface area (TPSA) is 48.0 Å². The number of carbonyl (C=O) groups is 1. The largest absolute Gasteiger partial charge is 0.454 e. The molecule has 31 heavy (non-hydrogen) atoms. The van der Waals surface area contributed by atoms with Gasteiger partial charge >= 0.3 is 6.09 Å². The van der Waals surface area contributed by atoms with Gasteiger partial charge in [-0.05, 0) is 87.3 Å². The van der Waals surface area contributed by atoms with Crippen molar-refractivity contribution in [1.82, 2.24) is 4.90 Å².